The maximum atomic E-state index is 14.5. The van der Waals surface area contributed by atoms with Gasteiger partial charge < -0.3 is 16.2 Å². The average molecular weight is 454 g/mol. The van der Waals surface area contributed by atoms with Crippen molar-refractivity contribution in [3.8, 4) is 17.1 Å². The molecule has 3 aromatic carbocycles. The first-order valence-corrected chi connectivity index (χ1v) is 10.6. The van der Waals surface area contributed by atoms with Crippen LogP contribution in [0.5, 0.6) is 5.75 Å². The lowest BCUT2D eigenvalue weighted by atomic mass is 10.0. The molecule has 6 nitrogen and oxygen atoms in total. The molecule has 0 saturated carbocycles. The van der Waals surface area contributed by atoms with E-state index in [4.69, 9.17) is 9.72 Å². The van der Waals surface area contributed by atoms with E-state index in [1.54, 1.807) is 37.7 Å². The third-order valence-electron chi connectivity index (χ3n) is 5.36. The van der Waals surface area contributed by atoms with Crippen molar-refractivity contribution in [1.29, 1.82) is 0 Å². The summed E-state index contributed by atoms with van der Waals surface area (Å²) in [5, 5.41) is 4.21. The Balaban J connectivity index is 0.00000274. The zero-order valence-electron chi connectivity index (χ0n) is 18.7. The molecule has 4 N–H and O–H groups in total. The number of aromatic nitrogens is 3. The largest absolute Gasteiger partial charge is 0.497 e. The van der Waals surface area contributed by atoms with E-state index in [1.807, 2.05) is 42.5 Å². The summed E-state index contributed by atoms with van der Waals surface area (Å²) >= 11 is 0. The van der Waals surface area contributed by atoms with Crippen molar-refractivity contribution in [2.24, 2.45) is 0 Å². The molecule has 2 aromatic heterocycles. The Labute approximate surface area is 197 Å². The molecule has 5 rings (SSSR count). The van der Waals surface area contributed by atoms with Crippen LogP contribution in [0.4, 0.5) is 15.9 Å². The van der Waals surface area contributed by atoms with Gasteiger partial charge in [-0.3, -0.25) is 4.98 Å². The highest BCUT2D eigenvalue weighted by Gasteiger charge is 2.14. The number of nitrogens with one attached hydrogen (secondary N) is 1. The first-order valence-electron chi connectivity index (χ1n) is 10.6. The molecule has 7 heteroatoms. The van der Waals surface area contributed by atoms with E-state index in [0.717, 1.165) is 39.9 Å². The molecule has 0 aliphatic rings. The Bertz CT molecular complexity index is 1430. The van der Waals surface area contributed by atoms with Gasteiger partial charge in [-0.2, -0.15) is 0 Å². The fourth-order valence-corrected chi connectivity index (χ4v) is 3.73. The molecule has 2 heterocycles. The van der Waals surface area contributed by atoms with Crippen molar-refractivity contribution in [1.82, 2.24) is 21.1 Å². The molecule has 0 unspecified atom stereocenters. The van der Waals surface area contributed by atoms with Crippen LogP contribution in [0.25, 0.3) is 22.3 Å². The number of nitrogens with zero attached hydrogens (tertiary/aromatic N) is 3. The summed E-state index contributed by atoms with van der Waals surface area (Å²) in [6.07, 6.45) is 4.15. The molecule has 34 heavy (non-hydrogen) atoms. The molecule has 0 bridgehead atoms. The minimum Gasteiger partial charge on any atom is -0.497 e. The minimum atomic E-state index is -0.360. The Morgan fingerprint density at radius 2 is 1.65 bits per heavy atom. The van der Waals surface area contributed by atoms with E-state index >= 15 is 0 Å². The SMILES string of the molecule is COc1cccc(Cc2ccc3nc(-c4ccccc4F)nc(Nc4ccncc4)c3c2)c1.N. The second-order valence-electron chi connectivity index (χ2n) is 7.62. The second kappa shape index (κ2) is 10.1. The van der Waals surface area contributed by atoms with Crippen LogP contribution in [0, 0.1) is 5.82 Å². The molecule has 0 saturated heterocycles. The topological polar surface area (TPSA) is 94.9 Å². The maximum absolute atomic E-state index is 14.5. The van der Waals surface area contributed by atoms with Crippen LogP contribution < -0.4 is 16.2 Å². The van der Waals surface area contributed by atoms with Gasteiger partial charge in [0.25, 0.3) is 0 Å². The van der Waals surface area contributed by atoms with Gasteiger partial charge in [-0.25, -0.2) is 14.4 Å². The summed E-state index contributed by atoms with van der Waals surface area (Å²) in [7, 11) is 1.66. The number of pyridine rings is 1. The number of hydrogen-bond donors (Lipinski definition) is 2. The summed E-state index contributed by atoms with van der Waals surface area (Å²) < 4.78 is 19.8. The number of anilines is 2. The minimum absolute atomic E-state index is 0. The smallest absolute Gasteiger partial charge is 0.165 e. The summed E-state index contributed by atoms with van der Waals surface area (Å²) in [5.74, 6) is 1.40. The molecular formula is C27H24FN5O. The molecular weight excluding hydrogens is 429 g/mol. The van der Waals surface area contributed by atoms with Gasteiger partial charge >= 0.3 is 0 Å². The predicted octanol–water partition coefficient (Wildman–Crippen LogP) is 6.34. The average Bonchev–Trinajstić information content (AvgIpc) is 2.85. The van der Waals surface area contributed by atoms with Crippen molar-refractivity contribution in [2.75, 3.05) is 12.4 Å². The van der Waals surface area contributed by atoms with Gasteiger partial charge in [0, 0.05) is 23.5 Å². The van der Waals surface area contributed by atoms with Gasteiger partial charge in [0.1, 0.15) is 17.4 Å². The molecule has 0 fully saturated rings. The zero-order valence-corrected chi connectivity index (χ0v) is 18.7. The van der Waals surface area contributed by atoms with E-state index in [9.17, 15) is 4.39 Å². The fraction of sp³-hybridized carbons (Fsp3) is 0.0741. The first kappa shape index (κ1) is 22.8. The van der Waals surface area contributed by atoms with Crippen LogP contribution in [0.1, 0.15) is 11.1 Å². The Kier molecular flexibility index (Phi) is 6.75. The molecule has 0 aliphatic heterocycles. The van der Waals surface area contributed by atoms with Gasteiger partial charge in [0.15, 0.2) is 5.82 Å². The zero-order chi connectivity index (χ0) is 22.6. The number of fused-ring (bicyclic) bond motifs is 1. The number of rotatable bonds is 6. The number of methoxy groups -OCH3 is 1. The van der Waals surface area contributed by atoms with E-state index < -0.39 is 0 Å². The quantitative estimate of drug-likeness (QED) is 0.312. The number of hydrogen-bond acceptors (Lipinski definition) is 6. The lowest BCUT2D eigenvalue weighted by Crippen LogP contribution is -2.01. The molecule has 0 aliphatic carbocycles. The van der Waals surface area contributed by atoms with Crippen molar-refractivity contribution >= 4 is 22.4 Å². The number of benzene rings is 3. The Morgan fingerprint density at radius 3 is 2.44 bits per heavy atom. The molecule has 0 spiro atoms. The van der Waals surface area contributed by atoms with Crippen LogP contribution in [0.3, 0.4) is 0 Å². The van der Waals surface area contributed by atoms with Gasteiger partial charge in [0.2, 0.25) is 0 Å². The normalized spacial score (nSPS) is 10.5. The van der Waals surface area contributed by atoms with Crippen LogP contribution in [0.15, 0.2) is 91.3 Å². The van der Waals surface area contributed by atoms with Crippen LogP contribution in [0.2, 0.25) is 0 Å². The molecule has 0 amide bonds. The van der Waals surface area contributed by atoms with E-state index in [2.05, 4.69) is 27.4 Å². The van der Waals surface area contributed by atoms with Gasteiger partial charge in [-0.15, -0.1) is 0 Å². The highest BCUT2D eigenvalue weighted by atomic mass is 19.1. The Morgan fingerprint density at radius 1 is 0.853 bits per heavy atom. The van der Waals surface area contributed by atoms with Crippen molar-refractivity contribution in [3.63, 3.8) is 0 Å². The number of halogens is 1. The number of ether oxygens (including phenoxy) is 1. The molecule has 0 atom stereocenters. The van der Waals surface area contributed by atoms with E-state index in [1.165, 1.54) is 6.07 Å². The molecule has 170 valence electrons. The second-order valence-corrected chi connectivity index (χ2v) is 7.62. The highest BCUT2D eigenvalue weighted by molar-refractivity contribution is 5.92. The summed E-state index contributed by atoms with van der Waals surface area (Å²) in [4.78, 5) is 13.4. The van der Waals surface area contributed by atoms with E-state index in [-0.39, 0.29) is 12.0 Å². The standard InChI is InChI=1S/C27H21FN4O.H3N/c1-33-21-6-4-5-18(16-21)15-19-9-10-25-23(17-19)27(30-20-11-13-29-14-12-20)32-26(31-25)22-7-2-3-8-24(22)28;/h2-14,16-17H,15H2,1H3,(H,29,30,31,32);1H3. The highest BCUT2D eigenvalue weighted by Crippen LogP contribution is 2.30. The van der Waals surface area contributed by atoms with Gasteiger partial charge in [-0.05, 0) is 66.1 Å². The Hall–Kier alpha value is -4.36. The van der Waals surface area contributed by atoms with Crippen LogP contribution in [-0.4, -0.2) is 22.1 Å². The first-order chi connectivity index (χ1) is 16.2. The van der Waals surface area contributed by atoms with Crippen molar-refractivity contribution in [2.45, 2.75) is 6.42 Å². The fourth-order valence-electron chi connectivity index (χ4n) is 3.73. The third kappa shape index (κ3) is 4.84. The third-order valence-corrected chi connectivity index (χ3v) is 5.36. The van der Waals surface area contributed by atoms with E-state index in [0.29, 0.717) is 17.2 Å². The monoisotopic (exact) mass is 453 g/mol. The molecule has 5 aromatic rings. The summed E-state index contributed by atoms with van der Waals surface area (Å²) in [6, 6.07) is 24.3. The van der Waals surface area contributed by atoms with Gasteiger partial charge in [-0.1, -0.05) is 30.3 Å². The maximum Gasteiger partial charge on any atom is 0.165 e. The van der Waals surface area contributed by atoms with Gasteiger partial charge in [0.05, 0.1) is 18.2 Å². The van der Waals surface area contributed by atoms with Crippen molar-refractivity contribution < 1.29 is 9.13 Å². The van der Waals surface area contributed by atoms with Crippen molar-refractivity contribution in [3.05, 3.63) is 108 Å². The van der Waals surface area contributed by atoms with Crippen LogP contribution in [-0.2, 0) is 6.42 Å². The lowest BCUT2D eigenvalue weighted by molar-refractivity contribution is 0.414. The predicted molar refractivity (Wildman–Crippen MR) is 133 cm³/mol. The lowest BCUT2D eigenvalue weighted by Gasteiger charge is -2.13. The summed E-state index contributed by atoms with van der Waals surface area (Å²) in [6.45, 7) is 0. The van der Waals surface area contributed by atoms with Crippen LogP contribution >= 0.6 is 0 Å². The summed E-state index contributed by atoms with van der Waals surface area (Å²) in [5.41, 5.74) is 4.17. The molecule has 0 radical (unpaired) electrons.